The molecule has 3 N–H and O–H groups in total. The summed E-state index contributed by atoms with van der Waals surface area (Å²) in [7, 11) is 0. The van der Waals surface area contributed by atoms with Gasteiger partial charge in [0.2, 0.25) is 5.91 Å². The topological polar surface area (TPSA) is 70.2 Å². The van der Waals surface area contributed by atoms with Crippen molar-refractivity contribution in [1.29, 1.82) is 0 Å². The Morgan fingerprint density at radius 1 is 1.03 bits per heavy atom. The molecule has 2 amide bonds. The molecule has 6 heteroatoms. The highest BCUT2D eigenvalue weighted by atomic mass is 35.5. The molecular formula is C23H30ClN3O2. The van der Waals surface area contributed by atoms with E-state index in [0.29, 0.717) is 29.5 Å². The fourth-order valence-electron chi connectivity index (χ4n) is 3.81. The van der Waals surface area contributed by atoms with Crippen LogP contribution in [0.1, 0.15) is 42.1 Å². The average molecular weight is 416 g/mol. The van der Waals surface area contributed by atoms with Gasteiger partial charge in [0.25, 0.3) is 5.91 Å². The van der Waals surface area contributed by atoms with E-state index in [1.165, 1.54) is 0 Å². The molecule has 1 heterocycles. The molecule has 1 atom stereocenters. The number of halogens is 1. The number of carbonyl (C=O) groups is 2. The second-order valence-corrected chi connectivity index (χ2v) is 7.62. The Bertz CT molecular complexity index is 820. The van der Waals surface area contributed by atoms with Gasteiger partial charge in [-0.05, 0) is 74.5 Å². The first-order chi connectivity index (χ1) is 13.5. The molecule has 1 unspecified atom stereocenters. The fourth-order valence-corrected chi connectivity index (χ4v) is 3.81. The van der Waals surface area contributed by atoms with Crippen molar-refractivity contribution in [1.82, 2.24) is 5.32 Å². The Morgan fingerprint density at radius 2 is 1.72 bits per heavy atom. The summed E-state index contributed by atoms with van der Waals surface area (Å²) >= 11 is 0. The lowest BCUT2D eigenvalue weighted by Crippen LogP contribution is -2.32. The van der Waals surface area contributed by atoms with E-state index in [1.807, 2.05) is 43.3 Å². The van der Waals surface area contributed by atoms with E-state index in [9.17, 15) is 9.59 Å². The summed E-state index contributed by atoms with van der Waals surface area (Å²) < 4.78 is 0. The quantitative estimate of drug-likeness (QED) is 0.644. The third kappa shape index (κ3) is 6.31. The lowest BCUT2D eigenvalue weighted by molar-refractivity contribution is -0.117. The molecule has 29 heavy (non-hydrogen) atoms. The monoisotopic (exact) mass is 415 g/mol. The first-order valence-corrected chi connectivity index (χ1v) is 10.0. The normalized spacial score (nSPS) is 15.1. The van der Waals surface area contributed by atoms with Crippen LogP contribution in [0.5, 0.6) is 0 Å². The summed E-state index contributed by atoms with van der Waals surface area (Å²) in [6, 6.07) is 14.8. The number of hydrogen-bond acceptors (Lipinski definition) is 3. The van der Waals surface area contributed by atoms with Crippen molar-refractivity contribution >= 4 is 35.6 Å². The first-order valence-electron chi connectivity index (χ1n) is 10.0. The second-order valence-electron chi connectivity index (χ2n) is 7.62. The maximum atomic E-state index is 12.6. The summed E-state index contributed by atoms with van der Waals surface area (Å²) in [5.41, 5.74) is 2.78. The molecule has 1 aliphatic rings. The Balaban J connectivity index is 0.00000300. The van der Waals surface area contributed by atoms with Crippen LogP contribution in [0.3, 0.4) is 0 Å². The third-order valence-corrected chi connectivity index (χ3v) is 5.58. The molecule has 0 bridgehead atoms. The van der Waals surface area contributed by atoms with Gasteiger partial charge in [0.15, 0.2) is 0 Å². The maximum Gasteiger partial charge on any atom is 0.256 e. The Morgan fingerprint density at radius 3 is 2.41 bits per heavy atom. The van der Waals surface area contributed by atoms with Crippen molar-refractivity contribution in [3.05, 3.63) is 59.7 Å². The van der Waals surface area contributed by atoms with Crippen LogP contribution >= 0.6 is 12.4 Å². The summed E-state index contributed by atoms with van der Waals surface area (Å²) in [5.74, 6) is 0.778. The molecule has 0 aliphatic carbocycles. The van der Waals surface area contributed by atoms with E-state index in [4.69, 9.17) is 0 Å². The van der Waals surface area contributed by atoms with Gasteiger partial charge in [-0.25, -0.2) is 0 Å². The van der Waals surface area contributed by atoms with Crippen LogP contribution in [0.25, 0.3) is 0 Å². The van der Waals surface area contributed by atoms with Crippen molar-refractivity contribution in [2.75, 3.05) is 23.7 Å². The summed E-state index contributed by atoms with van der Waals surface area (Å²) in [6.45, 7) is 6.10. The molecular weight excluding hydrogens is 386 g/mol. The van der Waals surface area contributed by atoms with Crippen molar-refractivity contribution < 1.29 is 9.59 Å². The van der Waals surface area contributed by atoms with E-state index in [1.54, 1.807) is 12.1 Å². The fraction of sp³-hybridized carbons (Fsp3) is 0.391. The van der Waals surface area contributed by atoms with Gasteiger partial charge >= 0.3 is 0 Å². The van der Waals surface area contributed by atoms with Crippen molar-refractivity contribution in [2.24, 2.45) is 11.8 Å². The van der Waals surface area contributed by atoms with Crippen molar-refractivity contribution in [3.8, 4) is 0 Å². The van der Waals surface area contributed by atoms with Gasteiger partial charge in [-0.15, -0.1) is 12.4 Å². The number of carbonyl (C=O) groups excluding carboxylic acids is 2. The predicted octanol–water partition coefficient (Wildman–Crippen LogP) is 4.63. The Hall–Kier alpha value is -2.37. The van der Waals surface area contributed by atoms with Crippen molar-refractivity contribution in [3.63, 3.8) is 0 Å². The molecule has 1 aliphatic heterocycles. The SMILES string of the molecule is Cc1c(NC(=O)CC(C)C2CCNCC2)cccc1C(=O)Nc1ccccc1.Cl. The maximum absolute atomic E-state index is 12.6. The number of para-hydroxylation sites is 1. The van der Waals surface area contributed by atoms with Gasteiger partial charge in [-0.2, -0.15) is 0 Å². The predicted molar refractivity (Wildman–Crippen MR) is 121 cm³/mol. The molecule has 3 rings (SSSR count). The average Bonchev–Trinajstić information content (AvgIpc) is 2.71. The molecule has 0 spiro atoms. The highest BCUT2D eigenvalue weighted by Gasteiger charge is 2.22. The highest BCUT2D eigenvalue weighted by Crippen LogP contribution is 2.26. The van der Waals surface area contributed by atoms with Crippen LogP contribution in [0.2, 0.25) is 0 Å². The van der Waals surface area contributed by atoms with Gasteiger partial charge in [-0.1, -0.05) is 31.2 Å². The molecule has 0 aromatic heterocycles. The van der Waals surface area contributed by atoms with E-state index in [-0.39, 0.29) is 24.2 Å². The molecule has 1 fully saturated rings. The molecule has 2 aromatic rings. The van der Waals surface area contributed by atoms with Crippen molar-refractivity contribution in [2.45, 2.75) is 33.1 Å². The zero-order valence-electron chi connectivity index (χ0n) is 17.0. The highest BCUT2D eigenvalue weighted by molar-refractivity contribution is 6.06. The van der Waals surface area contributed by atoms with Crippen LogP contribution in [-0.2, 0) is 4.79 Å². The molecule has 156 valence electrons. The van der Waals surface area contributed by atoms with Crippen LogP contribution in [0.4, 0.5) is 11.4 Å². The standard InChI is InChI=1S/C23H29N3O2.ClH/c1-16(18-11-13-24-14-12-18)15-22(27)26-21-10-6-9-20(17(21)2)23(28)25-19-7-4-3-5-8-19;/h3-10,16,18,24H,11-15H2,1-2H3,(H,25,28)(H,26,27);1H. The van der Waals surface area contributed by atoms with E-state index < -0.39 is 0 Å². The zero-order valence-corrected chi connectivity index (χ0v) is 17.9. The minimum Gasteiger partial charge on any atom is -0.326 e. The largest absolute Gasteiger partial charge is 0.326 e. The summed E-state index contributed by atoms with van der Waals surface area (Å²) in [6.07, 6.45) is 2.76. The third-order valence-electron chi connectivity index (χ3n) is 5.58. The molecule has 0 radical (unpaired) electrons. The van der Waals surface area contributed by atoms with Crippen LogP contribution in [-0.4, -0.2) is 24.9 Å². The number of hydrogen-bond donors (Lipinski definition) is 3. The van der Waals surface area contributed by atoms with E-state index in [0.717, 1.165) is 37.2 Å². The molecule has 0 saturated carbocycles. The van der Waals surface area contributed by atoms with Gasteiger partial charge in [0.05, 0.1) is 0 Å². The molecule has 2 aromatic carbocycles. The van der Waals surface area contributed by atoms with Gasteiger partial charge in [0, 0.05) is 23.4 Å². The van der Waals surface area contributed by atoms with Gasteiger partial charge in [0.1, 0.15) is 0 Å². The number of rotatable bonds is 6. The summed E-state index contributed by atoms with van der Waals surface area (Å²) in [4.78, 5) is 25.2. The number of nitrogens with one attached hydrogen (secondary N) is 3. The lowest BCUT2D eigenvalue weighted by atomic mass is 9.84. The van der Waals surface area contributed by atoms with Crippen LogP contribution in [0.15, 0.2) is 48.5 Å². The smallest absolute Gasteiger partial charge is 0.256 e. The number of piperidine rings is 1. The number of amides is 2. The minimum atomic E-state index is -0.178. The molecule has 5 nitrogen and oxygen atoms in total. The Kier molecular flexibility index (Phi) is 8.68. The Labute approximate surface area is 179 Å². The number of benzene rings is 2. The van der Waals surface area contributed by atoms with Crippen LogP contribution < -0.4 is 16.0 Å². The van der Waals surface area contributed by atoms with Gasteiger partial charge < -0.3 is 16.0 Å². The molecule has 1 saturated heterocycles. The number of anilines is 2. The lowest BCUT2D eigenvalue weighted by Gasteiger charge is -2.28. The zero-order chi connectivity index (χ0) is 19.9. The van der Waals surface area contributed by atoms with E-state index >= 15 is 0 Å². The van der Waals surface area contributed by atoms with Crippen LogP contribution in [0, 0.1) is 18.8 Å². The minimum absolute atomic E-state index is 0. The first kappa shape index (κ1) is 22.9. The van der Waals surface area contributed by atoms with Gasteiger partial charge in [-0.3, -0.25) is 9.59 Å². The van der Waals surface area contributed by atoms with E-state index in [2.05, 4.69) is 22.9 Å². The summed E-state index contributed by atoms with van der Waals surface area (Å²) in [5, 5.41) is 9.27. The second kappa shape index (κ2) is 11.0.